The predicted molar refractivity (Wildman–Crippen MR) is 107 cm³/mol. The Hall–Kier alpha value is -2.11. The van der Waals surface area contributed by atoms with Crippen LogP contribution in [0.15, 0.2) is 36.4 Å². The molecule has 3 aromatic rings. The second-order valence-corrected chi connectivity index (χ2v) is 8.21. The van der Waals surface area contributed by atoms with E-state index in [0.717, 1.165) is 29.4 Å². The van der Waals surface area contributed by atoms with Crippen molar-refractivity contribution in [3.63, 3.8) is 0 Å². The largest absolute Gasteiger partial charge is 0.341 e. The monoisotopic (exact) mass is 399 g/mol. The van der Waals surface area contributed by atoms with E-state index >= 15 is 0 Å². The van der Waals surface area contributed by atoms with E-state index in [1.807, 2.05) is 12.1 Å². The van der Waals surface area contributed by atoms with Gasteiger partial charge in [-0.15, -0.1) is 10.2 Å². The summed E-state index contributed by atoms with van der Waals surface area (Å²) in [7, 11) is 0. The third kappa shape index (κ3) is 2.72. The SMILES string of the molecule is Clc1ccc2c(c1)C1(CCCC1)c1cc(Cl)ccc1N2CCc1nn[nH]n1. The van der Waals surface area contributed by atoms with Gasteiger partial charge in [-0.05, 0) is 60.4 Å². The maximum atomic E-state index is 6.43. The number of fused-ring (bicyclic) bond motifs is 4. The minimum Gasteiger partial charge on any atom is -0.341 e. The van der Waals surface area contributed by atoms with Crippen molar-refractivity contribution < 1.29 is 0 Å². The van der Waals surface area contributed by atoms with Gasteiger partial charge in [-0.3, -0.25) is 0 Å². The van der Waals surface area contributed by atoms with Gasteiger partial charge in [0.25, 0.3) is 0 Å². The van der Waals surface area contributed by atoms with Crippen LogP contribution in [0.25, 0.3) is 0 Å². The zero-order valence-corrected chi connectivity index (χ0v) is 16.3. The van der Waals surface area contributed by atoms with Crippen LogP contribution in [0.1, 0.15) is 42.6 Å². The molecule has 1 aliphatic heterocycles. The van der Waals surface area contributed by atoms with Crippen molar-refractivity contribution in [3.05, 3.63) is 63.4 Å². The van der Waals surface area contributed by atoms with E-state index in [1.54, 1.807) is 0 Å². The van der Waals surface area contributed by atoms with Crippen molar-refractivity contribution in [2.75, 3.05) is 11.4 Å². The van der Waals surface area contributed by atoms with Crippen LogP contribution < -0.4 is 4.90 Å². The lowest BCUT2D eigenvalue weighted by Gasteiger charge is -2.44. The third-order valence-corrected chi connectivity index (χ3v) is 6.41. The minimum absolute atomic E-state index is 0.00308. The zero-order valence-electron chi connectivity index (χ0n) is 14.8. The molecule has 1 spiro atoms. The molecule has 1 aliphatic carbocycles. The Labute approximate surface area is 167 Å². The molecule has 0 saturated heterocycles. The third-order valence-electron chi connectivity index (χ3n) is 5.94. The number of halogens is 2. The highest BCUT2D eigenvalue weighted by Gasteiger charge is 2.45. The molecule has 138 valence electrons. The number of rotatable bonds is 3. The van der Waals surface area contributed by atoms with Gasteiger partial charge in [0, 0.05) is 39.8 Å². The van der Waals surface area contributed by atoms with E-state index in [4.69, 9.17) is 23.2 Å². The first-order valence-electron chi connectivity index (χ1n) is 9.27. The van der Waals surface area contributed by atoms with Crippen LogP contribution in [0.4, 0.5) is 11.4 Å². The van der Waals surface area contributed by atoms with Crippen molar-refractivity contribution in [3.8, 4) is 0 Å². The molecule has 5 nitrogen and oxygen atoms in total. The van der Waals surface area contributed by atoms with Gasteiger partial charge in [0.1, 0.15) is 0 Å². The molecule has 1 saturated carbocycles. The van der Waals surface area contributed by atoms with Gasteiger partial charge in [0.15, 0.2) is 5.82 Å². The highest BCUT2D eigenvalue weighted by molar-refractivity contribution is 6.31. The van der Waals surface area contributed by atoms with Crippen molar-refractivity contribution in [2.24, 2.45) is 0 Å². The van der Waals surface area contributed by atoms with Crippen LogP contribution in [-0.4, -0.2) is 27.2 Å². The number of benzene rings is 2. The molecule has 2 heterocycles. The van der Waals surface area contributed by atoms with E-state index < -0.39 is 0 Å². The summed E-state index contributed by atoms with van der Waals surface area (Å²) in [6, 6.07) is 12.5. The van der Waals surface area contributed by atoms with Crippen LogP contribution in [0.5, 0.6) is 0 Å². The summed E-state index contributed by atoms with van der Waals surface area (Å²) in [4.78, 5) is 2.34. The number of nitrogens with zero attached hydrogens (tertiary/aromatic N) is 4. The number of H-pyrrole nitrogens is 1. The molecule has 0 atom stereocenters. The van der Waals surface area contributed by atoms with Crippen LogP contribution in [0, 0.1) is 0 Å². The Morgan fingerprint density at radius 1 is 0.963 bits per heavy atom. The smallest absolute Gasteiger partial charge is 0.176 e. The molecule has 1 fully saturated rings. The number of hydrogen-bond donors (Lipinski definition) is 1. The number of anilines is 2. The summed E-state index contributed by atoms with van der Waals surface area (Å²) in [5.41, 5.74) is 5.08. The number of aromatic nitrogens is 4. The van der Waals surface area contributed by atoms with Gasteiger partial charge in [0.2, 0.25) is 0 Å². The Kier molecular flexibility index (Phi) is 4.10. The fourth-order valence-corrected chi connectivity index (χ4v) is 5.13. The number of aromatic amines is 1. The van der Waals surface area contributed by atoms with E-state index in [1.165, 1.54) is 35.3 Å². The molecule has 7 heteroatoms. The molecule has 0 bridgehead atoms. The van der Waals surface area contributed by atoms with E-state index in [0.29, 0.717) is 12.2 Å². The molecule has 2 aliphatic rings. The van der Waals surface area contributed by atoms with Crippen LogP contribution in [0.2, 0.25) is 10.0 Å². The first-order valence-corrected chi connectivity index (χ1v) is 10.0. The Bertz CT molecular complexity index is 925. The summed E-state index contributed by atoms with van der Waals surface area (Å²) in [5.74, 6) is 0.710. The van der Waals surface area contributed by atoms with Gasteiger partial charge in [-0.25, -0.2) is 0 Å². The molecule has 27 heavy (non-hydrogen) atoms. The van der Waals surface area contributed by atoms with Gasteiger partial charge < -0.3 is 4.90 Å². The fraction of sp³-hybridized carbons (Fsp3) is 0.350. The lowest BCUT2D eigenvalue weighted by atomic mass is 9.69. The fourth-order valence-electron chi connectivity index (χ4n) is 4.79. The first-order chi connectivity index (χ1) is 13.2. The number of tetrazole rings is 1. The van der Waals surface area contributed by atoms with E-state index in [9.17, 15) is 0 Å². The highest BCUT2D eigenvalue weighted by Crippen LogP contribution is 2.57. The second kappa shape index (κ2) is 6.50. The summed E-state index contributed by atoms with van der Waals surface area (Å²) in [6.45, 7) is 0.763. The molecule has 5 rings (SSSR count). The first kappa shape index (κ1) is 17.0. The summed E-state index contributed by atoms with van der Waals surface area (Å²) in [5, 5.41) is 15.9. The molecule has 0 radical (unpaired) electrons. The average Bonchev–Trinajstić information content (AvgIpc) is 3.35. The Morgan fingerprint density at radius 2 is 1.59 bits per heavy atom. The Morgan fingerprint density at radius 3 is 2.15 bits per heavy atom. The van der Waals surface area contributed by atoms with Crippen molar-refractivity contribution >= 4 is 34.6 Å². The van der Waals surface area contributed by atoms with Gasteiger partial charge >= 0.3 is 0 Å². The minimum atomic E-state index is 0.00308. The average molecular weight is 400 g/mol. The molecule has 0 amide bonds. The zero-order chi connectivity index (χ0) is 18.4. The maximum Gasteiger partial charge on any atom is 0.176 e. The lowest BCUT2D eigenvalue weighted by Crippen LogP contribution is -2.36. The standard InChI is InChI=1S/C20H19Cl2N5/c21-13-3-5-17-15(11-13)20(8-1-2-9-20)16-12-14(22)4-6-18(16)27(17)10-7-19-23-25-26-24-19/h3-6,11-12H,1-2,7-10H2,(H,23,24,25,26). The normalized spacial score (nSPS) is 17.2. The quantitative estimate of drug-likeness (QED) is 0.668. The van der Waals surface area contributed by atoms with E-state index in [2.05, 4.69) is 49.8 Å². The molecule has 2 aromatic carbocycles. The van der Waals surface area contributed by atoms with Gasteiger partial charge in [0.05, 0.1) is 0 Å². The summed E-state index contributed by atoms with van der Waals surface area (Å²) < 4.78 is 0. The molecule has 1 N–H and O–H groups in total. The highest BCUT2D eigenvalue weighted by atomic mass is 35.5. The van der Waals surface area contributed by atoms with E-state index in [-0.39, 0.29) is 5.41 Å². The summed E-state index contributed by atoms with van der Waals surface area (Å²) in [6.07, 6.45) is 5.41. The van der Waals surface area contributed by atoms with Crippen LogP contribution in [0.3, 0.4) is 0 Å². The summed E-state index contributed by atoms with van der Waals surface area (Å²) >= 11 is 12.9. The van der Waals surface area contributed by atoms with Crippen molar-refractivity contribution in [2.45, 2.75) is 37.5 Å². The molecular weight excluding hydrogens is 381 g/mol. The van der Waals surface area contributed by atoms with Gasteiger partial charge in [-0.2, -0.15) is 5.21 Å². The van der Waals surface area contributed by atoms with Crippen LogP contribution >= 0.6 is 23.2 Å². The van der Waals surface area contributed by atoms with Crippen molar-refractivity contribution in [1.82, 2.24) is 20.6 Å². The second-order valence-electron chi connectivity index (χ2n) is 7.34. The molecular formula is C20H19Cl2N5. The Balaban J connectivity index is 1.67. The molecule has 0 unspecified atom stereocenters. The van der Waals surface area contributed by atoms with Crippen LogP contribution in [-0.2, 0) is 11.8 Å². The maximum absolute atomic E-state index is 6.43. The van der Waals surface area contributed by atoms with Gasteiger partial charge in [-0.1, -0.05) is 41.3 Å². The molecule has 1 aromatic heterocycles. The lowest BCUT2D eigenvalue weighted by molar-refractivity contribution is 0.526. The number of hydrogen-bond acceptors (Lipinski definition) is 4. The number of nitrogens with one attached hydrogen (secondary N) is 1. The predicted octanol–water partition coefficient (Wildman–Crippen LogP) is 5.06. The topological polar surface area (TPSA) is 57.7 Å². The van der Waals surface area contributed by atoms with Crippen molar-refractivity contribution in [1.29, 1.82) is 0 Å².